The van der Waals surface area contributed by atoms with Crippen LogP contribution in [0.15, 0.2) is 24.3 Å². The van der Waals surface area contributed by atoms with Crippen LogP contribution >= 0.6 is 0 Å². The summed E-state index contributed by atoms with van der Waals surface area (Å²) in [5, 5.41) is 0. The predicted molar refractivity (Wildman–Crippen MR) is 101 cm³/mol. The van der Waals surface area contributed by atoms with Gasteiger partial charge >= 0.3 is 6.03 Å². The Balaban J connectivity index is 1.45. The van der Waals surface area contributed by atoms with Gasteiger partial charge in [0.15, 0.2) is 0 Å². The molecular formula is C19H26N4O4. The van der Waals surface area contributed by atoms with E-state index in [0.29, 0.717) is 32.5 Å². The fourth-order valence-corrected chi connectivity index (χ4v) is 3.52. The lowest BCUT2D eigenvalue weighted by Gasteiger charge is -2.36. The Labute approximate surface area is 159 Å². The number of hydrogen-bond donors (Lipinski definition) is 0. The first-order chi connectivity index (χ1) is 13.0. The number of piperazine rings is 1. The van der Waals surface area contributed by atoms with Gasteiger partial charge in [0.2, 0.25) is 11.8 Å². The lowest BCUT2D eigenvalue weighted by atomic mass is 10.2. The number of anilines is 1. The molecule has 0 atom stereocenters. The van der Waals surface area contributed by atoms with Crippen LogP contribution in [0.25, 0.3) is 0 Å². The molecule has 27 heavy (non-hydrogen) atoms. The molecule has 8 nitrogen and oxygen atoms in total. The van der Waals surface area contributed by atoms with Gasteiger partial charge in [-0.2, -0.15) is 0 Å². The maximum atomic E-state index is 12.4. The van der Waals surface area contributed by atoms with Crippen LogP contribution in [0, 0.1) is 0 Å². The van der Waals surface area contributed by atoms with E-state index in [1.54, 1.807) is 14.2 Å². The summed E-state index contributed by atoms with van der Waals surface area (Å²) >= 11 is 0. The molecule has 0 radical (unpaired) electrons. The third-order valence-corrected chi connectivity index (χ3v) is 5.06. The van der Waals surface area contributed by atoms with Gasteiger partial charge in [-0.15, -0.1) is 0 Å². The fraction of sp³-hybridized carbons (Fsp3) is 0.526. The highest BCUT2D eigenvalue weighted by Crippen LogP contribution is 2.28. The van der Waals surface area contributed by atoms with E-state index in [2.05, 4.69) is 4.90 Å². The Kier molecular flexibility index (Phi) is 5.83. The van der Waals surface area contributed by atoms with Gasteiger partial charge in [-0.25, -0.2) is 4.79 Å². The number of nitrogens with zero attached hydrogens (tertiary/aromatic N) is 4. The molecule has 4 amide bonds. The highest BCUT2D eigenvalue weighted by molar-refractivity contribution is 6.01. The van der Waals surface area contributed by atoms with E-state index in [9.17, 15) is 14.4 Å². The van der Waals surface area contributed by atoms with Crippen molar-refractivity contribution in [3.8, 4) is 5.75 Å². The monoisotopic (exact) mass is 374 g/mol. The van der Waals surface area contributed by atoms with Crippen LogP contribution in [0.3, 0.4) is 0 Å². The van der Waals surface area contributed by atoms with Crippen LogP contribution in [0.4, 0.5) is 10.5 Å². The first kappa shape index (κ1) is 19.0. The molecule has 2 saturated heterocycles. The maximum Gasteiger partial charge on any atom is 0.326 e. The van der Waals surface area contributed by atoms with Crippen molar-refractivity contribution in [1.29, 1.82) is 0 Å². The molecular weight excluding hydrogens is 348 g/mol. The summed E-state index contributed by atoms with van der Waals surface area (Å²) in [6.07, 6.45) is 0.840. The number of ether oxygens (including phenoxy) is 1. The Morgan fingerprint density at radius 1 is 1.11 bits per heavy atom. The number of rotatable bonds is 6. The minimum atomic E-state index is -0.280. The highest BCUT2D eigenvalue weighted by Gasteiger charge is 2.33. The zero-order valence-electron chi connectivity index (χ0n) is 15.9. The molecule has 3 rings (SSSR count). The van der Waals surface area contributed by atoms with Crippen molar-refractivity contribution >= 4 is 23.5 Å². The van der Waals surface area contributed by atoms with Crippen LogP contribution in [0.2, 0.25) is 0 Å². The van der Waals surface area contributed by atoms with E-state index < -0.39 is 0 Å². The van der Waals surface area contributed by atoms with Gasteiger partial charge in [-0.05, 0) is 18.6 Å². The number of benzene rings is 1. The Hall–Kier alpha value is -2.77. The van der Waals surface area contributed by atoms with Gasteiger partial charge in [-0.1, -0.05) is 12.1 Å². The van der Waals surface area contributed by atoms with E-state index in [1.807, 2.05) is 29.2 Å². The second kappa shape index (κ2) is 8.28. The Bertz CT molecular complexity index is 715. The average molecular weight is 374 g/mol. The normalized spacial score (nSPS) is 17.7. The first-order valence-corrected chi connectivity index (χ1v) is 9.22. The van der Waals surface area contributed by atoms with E-state index in [1.165, 1.54) is 9.80 Å². The molecule has 0 saturated carbocycles. The Morgan fingerprint density at radius 2 is 1.81 bits per heavy atom. The molecule has 0 aromatic heterocycles. The summed E-state index contributed by atoms with van der Waals surface area (Å²) < 4.78 is 5.41. The number of carbonyl (C=O) groups is 3. The van der Waals surface area contributed by atoms with Crippen molar-refractivity contribution in [1.82, 2.24) is 14.7 Å². The molecule has 8 heteroatoms. The lowest BCUT2D eigenvalue weighted by Crippen LogP contribution is -2.49. The summed E-state index contributed by atoms with van der Waals surface area (Å²) in [5.41, 5.74) is 1.04. The molecule has 146 valence electrons. The van der Waals surface area contributed by atoms with Crippen molar-refractivity contribution in [3.63, 3.8) is 0 Å². The second-order valence-electron chi connectivity index (χ2n) is 6.83. The summed E-state index contributed by atoms with van der Waals surface area (Å²) in [6.45, 7) is 3.23. The van der Waals surface area contributed by atoms with Crippen molar-refractivity contribution in [2.24, 2.45) is 0 Å². The molecule has 1 aromatic carbocycles. The fourth-order valence-electron chi connectivity index (χ4n) is 3.52. The summed E-state index contributed by atoms with van der Waals surface area (Å²) in [6, 6.07) is 7.60. The lowest BCUT2D eigenvalue weighted by molar-refractivity contribution is -0.132. The van der Waals surface area contributed by atoms with Gasteiger partial charge in [0.1, 0.15) is 12.3 Å². The molecule has 2 heterocycles. The predicted octanol–water partition coefficient (Wildman–Crippen LogP) is 1.02. The van der Waals surface area contributed by atoms with Crippen LogP contribution in [-0.2, 0) is 9.59 Å². The molecule has 2 aliphatic rings. The van der Waals surface area contributed by atoms with Crippen LogP contribution < -0.4 is 9.64 Å². The smallest absolute Gasteiger partial charge is 0.326 e. The Morgan fingerprint density at radius 3 is 2.44 bits per heavy atom. The van der Waals surface area contributed by atoms with E-state index in [4.69, 9.17) is 4.74 Å². The molecule has 0 spiro atoms. The summed E-state index contributed by atoms with van der Waals surface area (Å²) in [5.74, 6) is 0.713. The maximum absolute atomic E-state index is 12.4. The van der Waals surface area contributed by atoms with Gasteiger partial charge in [0.25, 0.3) is 0 Å². The number of urea groups is 1. The third-order valence-electron chi connectivity index (χ3n) is 5.06. The summed E-state index contributed by atoms with van der Waals surface area (Å²) in [4.78, 5) is 42.7. The molecule has 0 unspecified atom stereocenters. The first-order valence-electron chi connectivity index (χ1n) is 9.22. The third kappa shape index (κ3) is 4.15. The molecule has 1 aromatic rings. The minimum absolute atomic E-state index is 0.0714. The van der Waals surface area contributed by atoms with E-state index >= 15 is 0 Å². The topological polar surface area (TPSA) is 73.4 Å². The van der Waals surface area contributed by atoms with Crippen molar-refractivity contribution < 1.29 is 19.1 Å². The van der Waals surface area contributed by atoms with Gasteiger partial charge < -0.3 is 19.4 Å². The van der Waals surface area contributed by atoms with Crippen molar-refractivity contribution in [2.45, 2.75) is 12.8 Å². The number of para-hydroxylation sites is 2. The number of carbonyl (C=O) groups excluding carboxylic acids is 3. The molecule has 2 aliphatic heterocycles. The standard InChI is InChI=1S/C19H26N4O4/c1-20-14-18(25)23(19(20)26)9-5-8-17(24)22-12-10-21(11-13-22)15-6-3-4-7-16(15)27-2/h3-4,6-7H,5,8-14H2,1-2H3. The number of imide groups is 1. The minimum Gasteiger partial charge on any atom is -0.495 e. The molecule has 0 aliphatic carbocycles. The molecule has 2 fully saturated rings. The van der Waals surface area contributed by atoms with Crippen molar-refractivity contribution in [2.75, 3.05) is 58.3 Å². The number of amides is 4. The quantitative estimate of drug-likeness (QED) is 0.695. The zero-order valence-corrected chi connectivity index (χ0v) is 15.9. The largest absolute Gasteiger partial charge is 0.495 e. The van der Waals surface area contributed by atoms with E-state index in [-0.39, 0.29) is 24.4 Å². The van der Waals surface area contributed by atoms with Gasteiger partial charge in [0, 0.05) is 46.2 Å². The number of likely N-dealkylation sites (N-methyl/N-ethyl adjacent to an activating group) is 1. The van der Waals surface area contributed by atoms with Crippen LogP contribution in [0.1, 0.15) is 12.8 Å². The summed E-state index contributed by atoms with van der Waals surface area (Å²) in [7, 11) is 3.26. The van der Waals surface area contributed by atoms with Crippen LogP contribution in [-0.4, -0.2) is 86.0 Å². The van der Waals surface area contributed by atoms with E-state index in [0.717, 1.165) is 24.5 Å². The van der Waals surface area contributed by atoms with Crippen LogP contribution in [0.5, 0.6) is 5.75 Å². The number of methoxy groups -OCH3 is 1. The second-order valence-corrected chi connectivity index (χ2v) is 6.83. The van der Waals surface area contributed by atoms with Gasteiger partial charge in [0.05, 0.1) is 12.8 Å². The molecule has 0 N–H and O–H groups in total. The zero-order chi connectivity index (χ0) is 19.4. The molecule has 0 bridgehead atoms. The van der Waals surface area contributed by atoms with Gasteiger partial charge in [-0.3, -0.25) is 14.5 Å². The SMILES string of the molecule is COc1ccccc1N1CCN(C(=O)CCCN2C(=O)CN(C)C2=O)CC1. The highest BCUT2D eigenvalue weighted by atomic mass is 16.5. The average Bonchev–Trinajstić information content (AvgIpc) is 2.94. The van der Waals surface area contributed by atoms with Crippen molar-refractivity contribution in [3.05, 3.63) is 24.3 Å². The number of hydrogen-bond acceptors (Lipinski definition) is 5.